The van der Waals surface area contributed by atoms with Gasteiger partial charge in [-0.1, -0.05) is 0 Å². The first-order valence-corrected chi connectivity index (χ1v) is 6.93. The predicted molar refractivity (Wildman–Crippen MR) is 68.4 cm³/mol. The van der Waals surface area contributed by atoms with Crippen LogP contribution in [-0.2, 0) is 6.18 Å². The van der Waals surface area contributed by atoms with Crippen molar-refractivity contribution in [3.05, 3.63) is 17.8 Å². The minimum Gasteiger partial charge on any atom is -0.355 e. The van der Waals surface area contributed by atoms with Gasteiger partial charge in [-0.05, 0) is 43.9 Å². The molecular weight excluding hydrogens is 269 g/mol. The highest BCUT2D eigenvalue weighted by Crippen LogP contribution is 2.30. The Morgan fingerprint density at radius 2 is 2.05 bits per heavy atom. The van der Waals surface area contributed by atoms with Crippen LogP contribution in [-0.4, -0.2) is 35.9 Å². The molecule has 3 heterocycles. The van der Waals surface area contributed by atoms with Crippen molar-refractivity contribution < 1.29 is 13.2 Å². The number of fused-ring (bicyclic) bond motifs is 1. The fraction of sp³-hybridized carbons (Fsp3) is 0.692. The molecule has 0 aliphatic carbocycles. The van der Waals surface area contributed by atoms with E-state index in [2.05, 4.69) is 15.5 Å². The zero-order valence-electron chi connectivity index (χ0n) is 11.0. The minimum atomic E-state index is -4.42. The summed E-state index contributed by atoms with van der Waals surface area (Å²) >= 11 is 0. The van der Waals surface area contributed by atoms with Crippen molar-refractivity contribution in [1.82, 2.24) is 15.5 Å². The van der Waals surface area contributed by atoms with Crippen molar-refractivity contribution in [2.75, 3.05) is 24.5 Å². The molecule has 1 aromatic heterocycles. The smallest absolute Gasteiger partial charge is 0.355 e. The van der Waals surface area contributed by atoms with Crippen LogP contribution in [0.4, 0.5) is 19.0 Å². The maximum absolute atomic E-state index is 12.5. The topological polar surface area (TPSA) is 41.0 Å². The lowest BCUT2D eigenvalue weighted by Crippen LogP contribution is -2.52. The SMILES string of the molecule is FC(F)(F)c1ccc(N2CCC3NCCCC3C2)nn1. The van der Waals surface area contributed by atoms with Crippen LogP contribution in [0, 0.1) is 5.92 Å². The molecule has 0 saturated carbocycles. The van der Waals surface area contributed by atoms with Gasteiger partial charge >= 0.3 is 6.18 Å². The highest BCUT2D eigenvalue weighted by molar-refractivity contribution is 5.38. The van der Waals surface area contributed by atoms with Gasteiger partial charge in [-0.15, -0.1) is 10.2 Å². The molecule has 4 nitrogen and oxygen atoms in total. The molecule has 2 fully saturated rings. The molecule has 0 radical (unpaired) electrons. The molecule has 3 rings (SSSR count). The van der Waals surface area contributed by atoms with Crippen molar-refractivity contribution in [3.8, 4) is 0 Å². The van der Waals surface area contributed by atoms with Gasteiger partial charge in [-0.25, -0.2) is 0 Å². The van der Waals surface area contributed by atoms with Crippen LogP contribution in [0.25, 0.3) is 0 Å². The monoisotopic (exact) mass is 286 g/mol. The number of alkyl halides is 3. The second-order valence-electron chi connectivity index (χ2n) is 5.47. The molecular formula is C13H17F3N4. The van der Waals surface area contributed by atoms with Crippen molar-refractivity contribution in [1.29, 1.82) is 0 Å². The van der Waals surface area contributed by atoms with Crippen molar-refractivity contribution >= 4 is 5.82 Å². The molecule has 1 aromatic rings. The summed E-state index contributed by atoms with van der Waals surface area (Å²) in [5, 5.41) is 10.5. The van der Waals surface area contributed by atoms with Crippen molar-refractivity contribution in [2.45, 2.75) is 31.5 Å². The molecule has 7 heteroatoms. The summed E-state index contributed by atoms with van der Waals surface area (Å²) in [5.41, 5.74) is -0.935. The Hall–Kier alpha value is -1.37. The summed E-state index contributed by atoms with van der Waals surface area (Å²) < 4.78 is 37.4. The Morgan fingerprint density at radius 1 is 1.20 bits per heavy atom. The van der Waals surface area contributed by atoms with Gasteiger partial charge in [0, 0.05) is 19.1 Å². The maximum atomic E-state index is 12.5. The fourth-order valence-electron chi connectivity index (χ4n) is 3.10. The molecule has 0 aromatic carbocycles. The highest BCUT2D eigenvalue weighted by atomic mass is 19.4. The van der Waals surface area contributed by atoms with Gasteiger partial charge in [0.05, 0.1) is 0 Å². The van der Waals surface area contributed by atoms with Crippen LogP contribution < -0.4 is 10.2 Å². The molecule has 20 heavy (non-hydrogen) atoms. The number of anilines is 1. The van der Waals surface area contributed by atoms with E-state index >= 15 is 0 Å². The van der Waals surface area contributed by atoms with Gasteiger partial charge in [0.1, 0.15) is 0 Å². The van der Waals surface area contributed by atoms with Crippen LogP contribution in [0.2, 0.25) is 0 Å². The number of aromatic nitrogens is 2. The van der Waals surface area contributed by atoms with Gasteiger partial charge in [0.2, 0.25) is 0 Å². The number of halogens is 3. The number of nitrogens with zero attached hydrogens (tertiary/aromatic N) is 3. The Morgan fingerprint density at radius 3 is 2.75 bits per heavy atom. The number of nitrogens with one attached hydrogen (secondary N) is 1. The third-order valence-corrected chi connectivity index (χ3v) is 4.16. The van der Waals surface area contributed by atoms with E-state index in [1.807, 2.05) is 4.90 Å². The number of piperidine rings is 2. The summed E-state index contributed by atoms with van der Waals surface area (Å²) in [6, 6.07) is 2.97. The van der Waals surface area contributed by atoms with E-state index in [9.17, 15) is 13.2 Å². The van der Waals surface area contributed by atoms with Gasteiger partial charge in [0.25, 0.3) is 0 Å². The van der Waals surface area contributed by atoms with Crippen LogP contribution >= 0.6 is 0 Å². The molecule has 2 atom stereocenters. The van der Waals surface area contributed by atoms with Gasteiger partial charge in [0.15, 0.2) is 11.5 Å². The Bertz CT molecular complexity index is 460. The second kappa shape index (κ2) is 5.20. The lowest BCUT2D eigenvalue weighted by Gasteiger charge is -2.42. The summed E-state index contributed by atoms with van der Waals surface area (Å²) in [7, 11) is 0. The van der Waals surface area contributed by atoms with E-state index in [1.54, 1.807) is 0 Å². The average molecular weight is 286 g/mol. The molecule has 2 aliphatic rings. The van der Waals surface area contributed by atoms with E-state index in [1.165, 1.54) is 12.5 Å². The second-order valence-corrected chi connectivity index (χ2v) is 5.47. The lowest BCUT2D eigenvalue weighted by molar-refractivity contribution is -0.141. The summed E-state index contributed by atoms with van der Waals surface area (Å²) in [6.45, 7) is 2.73. The maximum Gasteiger partial charge on any atom is 0.435 e. The highest BCUT2D eigenvalue weighted by Gasteiger charge is 2.34. The Balaban J connectivity index is 1.70. The first-order valence-electron chi connectivity index (χ1n) is 6.93. The first-order chi connectivity index (χ1) is 9.54. The molecule has 2 saturated heterocycles. The van der Waals surface area contributed by atoms with Gasteiger partial charge in [-0.2, -0.15) is 13.2 Å². The molecule has 0 amide bonds. The molecule has 1 N–H and O–H groups in total. The summed E-state index contributed by atoms with van der Waals surface area (Å²) in [4.78, 5) is 2.04. The first kappa shape index (κ1) is 13.6. The number of hydrogen-bond donors (Lipinski definition) is 1. The molecule has 2 unspecified atom stereocenters. The van der Waals surface area contributed by atoms with Crippen LogP contribution in [0.3, 0.4) is 0 Å². The van der Waals surface area contributed by atoms with E-state index in [-0.39, 0.29) is 0 Å². The number of rotatable bonds is 1. The van der Waals surface area contributed by atoms with Gasteiger partial charge in [-0.3, -0.25) is 0 Å². The molecule has 2 aliphatic heterocycles. The van der Waals surface area contributed by atoms with E-state index in [4.69, 9.17) is 0 Å². The zero-order valence-corrected chi connectivity index (χ0v) is 11.0. The number of hydrogen-bond acceptors (Lipinski definition) is 4. The summed E-state index contributed by atoms with van der Waals surface area (Å²) in [6.07, 6.45) is -1.09. The molecule has 0 spiro atoms. The quantitative estimate of drug-likeness (QED) is 0.858. The van der Waals surface area contributed by atoms with Crippen molar-refractivity contribution in [3.63, 3.8) is 0 Å². The van der Waals surface area contributed by atoms with E-state index in [0.717, 1.165) is 38.5 Å². The van der Waals surface area contributed by atoms with Crippen LogP contribution in [0.15, 0.2) is 12.1 Å². The van der Waals surface area contributed by atoms with Gasteiger partial charge < -0.3 is 10.2 Å². The van der Waals surface area contributed by atoms with E-state index < -0.39 is 11.9 Å². The third-order valence-electron chi connectivity index (χ3n) is 4.16. The minimum absolute atomic E-state index is 0.544. The zero-order chi connectivity index (χ0) is 14.2. The standard InChI is InChI=1S/C13H17F3N4/c14-13(15,16)11-3-4-12(19-18-11)20-7-5-10-9(8-20)2-1-6-17-10/h3-4,9-10,17H,1-2,5-8H2. The molecule has 0 bridgehead atoms. The Labute approximate surface area is 115 Å². The predicted octanol–water partition coefficient (Wildman–Crippen LogP) is 2.07. The van der Waals surface area contributed by atoms with E-state index in [0.29, 0.717) is 17.8 Å². The largest absolute Gasteiger partial charge is 0.435 e. The third kappa shape index (κ3) is 2.72. The Kier molecular flexibility index (Phi) is 3.54. The fourth-order valence-corrected chi connectivity index (χ4v) is 3.10. The van der Waals surface area contributed by atoms with Crippen molar-refractivity contribution in [2.24, 2.45) is 5.92 Å². The van der Waals surface area contributed by atoms with Crippen LogP contribution in [0.1, 0.15) is 25.0 Å². The normalized spacial score (nSPS) is 27.2. The summed E-state index contributed by atoms with van der Waals surface area (Å²) in [5.74, 6) is 1.10. The lowest BCUT2D eigenvalue weighted by atomic mass is 9.85. The van der Waals surface area contributed by atoms with Crippen LogP contribution in [0.5, 0.6) is 0 Å². The molecule has 110 valence electrons. The average Bonchev–Trinajstić information content (AvgIpc) is 2.46.